The first kappa shape index (κ1) is 21.4. The summed E-state index contributed by atoms with van der Waals surface area (Å²) in [5.74, 6) is -0.795. The van der Waals surface area contributed by atoms with Crippen molar-refractivity contribution in [3.05, 3.63) is 45.3 Å². The van der Waals surface area contributed by atoms with Gasteiger partial charge in [-0.05, 0) is 50.5 Å². The van der Waals surface area contributed by atoms with Gasteiger partial charge in [0.05, 0.1) is 26.8 Å². The predicted octanol–water partition coefficient (Wildman–Crippen LogP) is 5.09. The quantitative estimate of drug-likeness (QED) is 0.402. The Hall–Kier alpha value is -1.88. The minimum absolute atomic E-state index is 0.00880. The van der Waals surface area contributed by atoms with Gasteiger partial charge in [-0.25, -0.2) is 12.8 Å². The first-order valence-corrected chi connectivity index (χ1v) is 11.8. The van der Waals surface area contributed by atoms with Crippen LogP contribution in [0.5, 0.6) is 0 Å². The van der Waals surface area contributed by atoms with E-state index in [2.05, 4.69) is 31.1 Å². The molecule has 0 aliphatic heterocycles. The zero-order valence-corrected chi connectivity index (χ0v) is 19.0. The van der Waals surface area contributed by atoms with Crippen LogP contribution in [0.15, 0.2) is 33.3 Å². The summed E-state index contributed by atoms with van der Waals surface area (Å²) in [5.41, 5.74) is 0.587. The summed E-state index contributed by atoms with van der Waals surface area (Å²) >= 11 is 9.55. The standard InChI is InChI=1S/C19H18BrClFN3O4S/c1-10-12-9-15(25-30(27,28)19(4-5-19)6-7-26)17(16(22)18(12)29-24-10)23-14-3-2-11(20)8-13(14)21/h2-3,8-9,23,25-26H,4-7H2,1H3. The van der Waals surface area contributed by atoms with Crippen LogP contribution < -0.4 is 10.0 Å². The molecule has 1 saturated carbocycles. The number of benzene rings is 2. The molecule has 160 valence electrons. The van der Waals surface area contributed by atoms with Crippen molar-refractivity contribution < 1.29 is 22.4 Å². The molecule has 0 saturated heterocycles. The van der Waals surface area contributed by atoms with Crippen LogP contribution in [0.25, 0.3) is 11.0 Å². The Bertz CT molecular complexity index is 1240. The van der Waals surface area contributed by atoms with E-state index in [0.29, 0.717) is 34.6 Å². The Kier molecular flexibility index (Phi) is 5.46. The molecule has 1 aliphatic carbocycles. The molecule has 0 radical (unpaired) electrons. The molecule has 0 unspecified atom stereocenters. The lowest BCUT2D eigenvalue weighted by Crippen LogP contribution is -2.31. The second kappa shape index (κ2) is 7.67. The van der Waals surface area contributed by atoms with Gasteiger partial charge in [-0.2, -0.15) is 0 Å². The van der Waals surface area contributed by atoms with Gasteiger partial charge in [0.15, 0.2) is 5.82 Å². The second-order valence-corrected chi connectivity index (χ2v) is 10.7. The fourth-order valence-corrected chi connectivity index (χ4v) is 5.72. The Balaban J connectivity index is 1.83. The van der Waals surface area contributed by atoms with Gasteiger partial charge in [-0.1, -0.05) is 32.7 Å². The van der Waals surface area contributed by atoms with Crippen LogP contribution in [0.2, 0.25) is 5.02 Å². The number of nitrogens with zero attached hydrogens (tertiary/aromatic N) is 1. The average Bonchev–Trinajstić information content (AvgIpc) is 3.38. The summed E-state index contributed by atoms with van der Waals surface area (Å²) in [6.45, 7) is 1.38. The third-order valence-corrected chi connectivity index (χ3v) is 8.31. The monoisotopic (exact) mass is 517 g/mol. The second-order valence-electron chi connectivity index (χ2n) is 7.27. The number of aromatic nitrogens is 1. The summed E-state index contributed by atoms with van der Waals surface area (Å²) in [6.07, 6.45) is 0.975. The fraction of sp³-hybridized carbons (Fsp3) is 0.316. The molecular formula is C19H18BrClFN3O4S. The number of nitrogens with one attached hydrogen (secondary N) is 2. The van der Waals surface area contributed by atoms with Crippen LogP contribution in [-0.2, 0) is 10.0 Å². The molecule has 1 aromatic heterocycles. The van der Waals surface area contributed by atoms with Crippen LogP contribution in [0.3, 0.4) is 0 Å². The van der Waals surface area contributed by atoms with Crippen molar-refractivity contribution in [1.29, 1.82) is 0 Å². The highest BCUT2D eigenvalue weighted by atomic mass is 79.9. The average molecular weight is 519 g/mol. The maximum absolute atomic E-state index is 15.4. The number of fused-ring (bicyclic) bond motifs is 1. The minimum Gasteiger partial charge on any atom is -0.396 e. The third kappa shape index (κ3) is 3.66. The maximum Gasteiger partial charge on any atom is 0.238 e. The zero-order valence-electron chi connectivity index (χ0n) is 15.8. The molecule has 3 N–H and O–H groups in total. The van der Waals surface area contributed by atoms with Crippen molar-refractivity contribution in [2.24, 2.45) is 0 Å². The molecule has 30 heavy (non-hydrogen) atoms. The molecule has 0 bridgehead atoms. The first-order chi connectivity index (χ1) is 14.2. The van der Waals surface area contributed by atoms with Gasteiger partial charge in [-0.15, -0.1) is 0 Å². The Labute approximate surface area is 185 Å². The number of halogens is 3. The molecule has 0 amide bonds. The highest BCUT2D eigenvalue weighted by molar-refractivity contribution is 9.10. The van der Waals surface area contributed by atoms with Crippen molar-refractivity contribution in [3.8, 4) is 0 Å². The SMILES string of the molecule is Cc1noc2c(F)c(Nc3ccc(Br)cc3Cl)c(NS(=O)(=O)C3(CCO)CC3)cc12. The molecule has 1 fully saturated rings. The van der Waals surface area contributed by atoms with Gasteiger partial charge in [0, 0.05) is 16.5 Å². The molecule has 1 aliphatic rings. The first-order valence-electron chi connectivity index (χ1n) is 9.11. The molecule has 0 atom stereocenters. The summed E-state index contributed by atoms with van der Waals surface area (Å²) in [7, 11) is -3.89. The van der Waals surface area contributed by atoms with Crippen molar-refractivity contribution >= 4 is 65.6 Å². The van der Waals surface area contributed by atoms with E-state index in [1.54, 1.807) is 25.1 Å². The van der Waals surface area contributed by atoms with E-state index in [4.69, 9.17) is 16.1 Å². The number of rotatable bonds is 7. The number of anilines is 3. The van der Waals surface area contributed by atoms with Crippen LogP contribution in [-0.4, -0.2) is 30.0 Å². The van der Waals surface area contributed by atoms with Gasteiger partial charge in [0.1, 0.15) is 5.69 Å². The molecule has 2 aromatic carbocycles. The van der Waals surface area contributed by atoms with Gasteiger partial charge in [-0.3, -0.25) is 4.72 Å². The van der Waals surface area contributed by atoms with Crippen molar-refractivity contribution in [2.45, 2.75) is 30.9 Å². The highest BCUT2D eigenvalue weighted by Gasteiger charge is 2.54. The van der Waals surface area contributed by atoms with E-state index in [0.717, 1.165) is 4.47 Å². The normalized spacial score (nSPS) is 15.4. The fourth-order valence-electron chi connectivity index (χ4n) is 3.33. The van der Waals surface area contributed by atoms with Crippen LogP contribution >= 0.6 is 27.5 Å². The summed E-state index contributed by atoms with van der Waals surface area (Å²) < 4.78 is 48.7. The number of hydrogen-bond acceptors (Lipinski definition) is 6. The Morgan fingerprint density at radius 2 is 2.07 bits per heavy atom. The van der Waals surface area contributed by atoms with E-state index in [1.165, 1.54) is 6.07 Å². The van der Waals surface area contributed by atoms with Crippen LogP contribution in [0.1, 0.15) is 25.0 Å². The lowest BCUT2D eigenvalue weighted by Gasteiger charge is -2.20. The number of aliphatic hydroxyl groups is 1. The largest absolute Gasteiger partial charge is 0.396 e. The van der Waals surface area contributed by atoms with Gasteiger partial charge >= 0.3 is 0 Å². The number of sulfonamides is 1. The Morgan fingerprint density at radius 1 is 1.33 bits per heavy atom. The van der Waals surface area contributed by atoms with Gasteiger partial charge in [0.25, 0.3) is 0 Å². The van der Waals surface area contributed by atoms with Crippen LogP contribution in [0, 0.1) is 12.7 Å². The van der Waals surface area contributed by atoms with E-state index in [9.17, 15) is 13.5 Å². The summed E-state index contributed by atoms with van der Waals surface area (Å²) in [6, 6.07) is 6.46. The molecule has 4 rings (SSSR count). The van der Waals surface area contributed by atoms with Crippen molar-refractivity contribution in [1.82, 2.24) is 5.16 Å². The molecule has 7 nitrogen and oxygen atoms in total. The molecular weight excluding hydrogens is 501 g/mol. The van der Waals surface area contributed by atoms with Crippen molar-refractivity contribution in [3.63, 3.8) is 0 Å². The van der Waals surface area contributed by atoms with Crippen LogP contribution in [0.4, 0.5) is 21.5 Å². The highest BCUT2D eigenvalue weighted by Crippen LogP contribution is 2.48. The lowest BCUT2D eigenvalue weighted by atomic mass is 10.1. The van der Waals surface area contributed by atoms with E-state index in [-0.39, 0.29) is 30.0 Å². The smallest absolute Gasteiger partial charge is 0.238 e. The number of aryl methyl sites for hydroxylation is 1. The van der Waals surface area contributed by atoms with Gasteiger partial charge in [0.2, 0.25) is 15.6 Å². The molecule has 3 aromatic rings. The topological polar surface area (TPSA) is 104 Å². The summed E-state index contributed by atoms with van der Waals surface area (Å²) in [4.78, 5) is 0. The van der Waals surface area contributed by atoms with E-state index < -0.39 is 20.6 Å². The predicted molar refractivity (Wildman–Crippen MR) is 117 cm³/mol. The van der Waals surface area contributed by atoms with E-state index in [1.807, 2.05) is 0 Å². The van der Waals surface area contributed by atoms with Gasteiger partial charge < -0.3 is 14.9 Å². The minimum atomic E-state index is -3.89. The molecule has 0 spiro atoms. The Morgan fingerprint density at radius 3 is 2.70 bits per heavy atom. The number of hydrogen-bond donors (Lipinski definition) is 3. The zero-order chi connectivity index (χ0) is 21.7. The summed E-state index contributed by atoms with van der Waals surface area (Å²) in [5, 5.41) is 16.6. The van der Waals surface area contributed by atoms with E-state index >= 15 is 4.39 Å². The maximum atomic E-state index is 15.4. The molecule has 1 heterocycles. The van der Waals surface area contributed by atoms with Crippen molar-refractivity contribution in [2.75, 3.05) is 16.6 Å². The molecule has 11 heteroatoms. The number of aliphatic hydroxyl groups excluding tert-OH is 1. The third-order valence-electron chi connectivity index (χ3n) is 5.27. The lowest BCUT2D eigenvalue weighted by molar-refractivity contribution is 0.283.